The summed E-state index contributed by atoms with van der Waals surface area (Å²) in [4.78, 5) is 15.3. The van der Waals surface area contributed by atoms with Crippen LogP contribution >= 0.6 is 0 Å². The maximum absolute atomic E-state index is 6.43. The van der Waals surface area contributed by atoms with Gasteiger partial charge in [0.1, 0.15) is 11.2 Å². The summed E-state index contributed by atoms with van der Waals surface area (Å²) < 4.78 is 6.43. The summed E-state index contributed by atoms with van der Waals surface area (Å²) in [6.45, 7) is 0. The van der Waals surface area contributed by atoms with Gasteiger partial charge < -0.3 is 4.42 Å². The van der Waals surface area contributed by atoms with Gasteiger partial charge in [-0.3, -0.25) is 0 Å². The van der Waals surface area contributed by atoms with E-state index in [9.17, 15) is 0 Å². The van der Waals surface area contributed by atoms with E-state index in [0.29, 0.717) is 17.5 Å². The van der Waals surface area contributed by atoms with E-state index in [1.807, 2.05) is 30.3 Å². The van der Waals surface area contributed by atoms with Crippen molar-refractivity contribution in [3.05, 3.63) is 152 Å². The van der Waals surface area contributed by atoms with E-state index in [-0.39, 0.29) is 0 Å². The minimum Gasteiger partial charge on any atom is -0.455 e. The largest absolute Gasteiger partial charge is 0.455 e. The Kier molecular flexibility index (Phi) is 5.54. The third-order valence-electron chi connectivity index (χ3n) is 9.29. The molecule has 218 valence electrons. The van der Waals surface area contributed by atoms with E-state index in [0.717, 1.165) is 44.0 Å². The standard InChI is InChI=1S/C43H25N3O/c1-2-10-29-24-30(18-16-26(29)8-1)41-44-42(46-43(45-41)37-14-7-13-36-35-12-5-6-15-39(35)47-40(36)37)31-19-17-28-21-22-33-32-11-4-3-9-27(32)20-23-34(33)38(28)25-31/h1-25H. The van der Waals surface area contributed by atoms with E-state index >= 15 is 0 Å². The van der Waals surface area contributed by atoms with Crippen molar-refractivity contribution in [1.82, 2.24) is 15.0 Å². The third-order valence-corrected chi connectivity index (χ3v) is 9.29. The fourth-order valence-corrected chi connectivity index (χ4v) is 6.96. The van der Waals surface area contributed by atoms with Crippen LogP contribution < -0.4 is 0 Å². The zero-order valence-electron chi connectivity index (χ0n) is 25.2. The van der Waals surface area contributed by atoms with Gasteiger partial charge in [0.05, 0.1) is 5.56 Å². The van der Waals surface area contributed by atoms with Gasteiger partial charge in [0, 0.05) is 21.9 Å². The van der Waals surface area contributed by atoms with Crippen LogP contribution in [0.4, 0.5) is 0 Å². The number of nitrogens with zero attached hydrogens (tertiary/aromatic N) is 3. The topological polar surface area (TPSA) is 51.8 Å². The van der Waals surface area contributed by atoms with Crippen LogP contribution in [-0.4, -0.2) is 15.0 Å². The Morgan fingerprint density at radius 3 is 1.74 bits per heavy atom. The molecule has 0 amide bonds. The summed E-state index contributed by atoms with van der Waals surface area (Å²) in [7, 11) is 0. The van der Waals surface area contributed by atoms with Crippen LogP contribution in [0.2, 0.25) is 0 Å². The second kappa shape index (κ2) is 10.1. The lowest BCUT2D eigenvalue weighted by molar-refractivity contribution is 0.669. The average molecular weight is 600 g/mol. The Morgan fingerprint density at radius 1 is 0.340 bits per heavy atom. The maximum atomic E-state index is 6.43. The number of hydrogen-bond donors (Lipinski definition) is 0. The zero-order valence-corrected chi connectivity index (χ0v) is 25.2. The molecule has 0 aliphatic carbocycles. The summed E-state index contributed by atoms with van der Waals surface area (Å²) in [5.74, 6) is 1.81. The molecule has 47 heavy (non-hydrogen) atoms. The van der Waals surface area contributed by atoms with E-state index in [2.05, 4.69) is 121 Å². The van der Waals surface area contributed by atoms with Gasteiger partial charge in [0.25, 0.3) is 0 Å². The van der Waals surface area contributed by atoms with Crippen LogP contribution in [0.15, 0.2) is 156 Å². The van der Waals surface area contributed by atoms with Gasteiger partial charge >= 0.3 is 0 Å². The minimum absolute atomic E-state index is 0.576. The number of furan rings is 1. The van der Waals surface area contributed by atoms with Gasteiger partial charge in [0.2, 0.25) is 0 Å². The molecular weight excluding hydrogens is 574 g/mol. The Balaban J connectivity index is 1.23. The van der Waals surface area contributed by atoms with Crippen molar-refractivity contribution in [2.45, 2.75) is 0 Å². The van der Waals surface area contributed by atoms with Gasteiger partial charge in [0.15, 0.2) is 17.5 Å². The molecular formula is C43H25N3O. The molecule has 2 heterocycles. The number of benzene rings is 8. The third kappa shape index (κ3) is 4.12. The Bertz CT molecular complexity index is 2870. The Morgan fingerprint density at radius 2 is 0.915 bits per heavy atom. The molecule has 4 heteroatoms. The predicted molar refractivity (Wildman–Crippen MR) is 193 cm³/mol. The van der Waals surface area contributed by atoms with Crippen LogP contribution in [0.1, 0.15) is 0 Å². The smallest absolute Gasteiger partial charge is 0.167 e. The fraction of sp³-hybridized carbons (Fsp3) is 0. The van der Waals surface area contributed by atoms with Gasteiger partial charge in [-0.1, -0.05) is 127 Å². The molecule has 0 saturated carbocycles. The quantitative estimate of drug-likeness (QED) is 0.190. The van der Waals surface area contributed by atoms with Gasteiger partial charge in [-0.05, 0) is 67.4 Å². The highest BCUT2D eigenvalue weighted by Crippen LogP contribution is 2.37. The van der Waals surface area contributed by atoms with Gasteiger partial charge in [-0.2, -0.15) is 0 Å². The molecule has 0 atom stereocenters. The monoisotopic (exact) mass is 599 g/mol. The zero-order chi connectivity index (χ0) is 30.9. The number of rotatable bonds is 3. The van der Waals surface area contributed by atoms with Crippen molar-refractivity contribution in [1.29, 1.82) is 0 Å². The van der Waals surface area contributed by atoms with Crippen molar-refractivity contribution in [2.24, 2.45) is 0 Å². The summed E-state index contributed by atoms with van der Waals surface area (Å²) in [6.07, 6.45) is 0. The van der Waals surface area contributed by atoms with Crippen LogP contribution in [0, 0.1) is 0 Å². The van der Waals surface area contributed by atoms with Crippen LogP contribution in [0.5, 0.6) is 0 Å². The lowest BCUT2D eigenvalue weighted by Gasteiger charge is -2.11. The number of aromatic nitrogens is 3. The SMILES string of the molecule is c1ccc2cc(-c3nc(-c4ccc5ccc6c7ccccc7ccc6c5c4)nc(-c4cccc5c4oc4ccccc45)n3)ccc2c1. The van der Waals surface area contributed by atoms with Crippen molar-refractivity contribution < 1.29 is 4.42 Å². The molecule has 10 rings (SSSR count). The first-order valence-electron chi connectivity index (χ1n) is 15.8. The summed E-state index contributed by atoms with van der Waals surface area (Å²) in [5, 5.41) is 11.7. The van der Waals surface area contributed by atoms with Crippen molar-refractivity contribution in [3.63, 3.8) is 0 Å². The first kappa shape index (κ1) is 25.9. The van der Waals surface area contributed by atoms with E-state index in [1.54, 1.807) is 0 Å². The Labute approximate surface area is 269 Å². The number of hydrogen-bond acceptors (Lipinski definition) is 4. The lowest BCUT2D eigenvalue weighted by Crippen LogP contribution is -2.00. The molecule has 0 unspecified atom stereocenters. The summed E-state index contributed by atoms with van der Waals surface area (Å²) in [5.41, 5.74) is 4.31. The molecule has 0 aliphatic rings. The average Bonchev–Trinajstić information content (AvgIpc) is 3.53. The number of fused-ring (bicyclic) bond motifs is 9. The van der Waals surface area contributed by atoms with Crippen molar-refractivity contribution in [2.75, 3.05) is 0 Å². The van der Waals surface area contributed by atoms with E-state index in [1.165, 1.54) is 37.7 Å². The molecule has 4 nitrogen and oxygen atoms in total. The first-order chi connectivity index (χ1) is 23.3. The number of para-hydroxylation sites is 2. The fourth-order valence-electron chi connectivity index (χ4n) is 6.96. The van der Waals surface area contributed by atoms with Crippen molar-refractivity contribution >= 4 is 65.0 Å². The molecule has 0 fully saturated rings. The molecule has 8 aromatic carbocycles. The first-order valence-corrected chi connectivity index (χ1v) is 15.8. The van der Waals surface area contributed by atoms with E-state index < -0.39 is 0 Å². The normalized spacial score (nSPS) is 11.8. The highest BCUT2D eigenvalue weighted by atomic mass is 16.3. The van der Waals surface area contributed by atoms with Crippen molar-refractivity contribution in [3.8, 4) is 34.2 Å². The molecule has 0 radical (unpaired) electrons. The molecule has 0 spiro atoms. The maximum Gasteiger partial charge on any atom is 0.167 e. The molecule has 0 N–H and O–H groups in total. The van der Waals surface area contributed by atoms with Gasteiger partial charge in [-0.25, -0.2) is 15.0 Å². The van der Waals surface area contributed by atoms with Crippen LogP contribution in [0.25, 0.3) is 99.2 Å². The predicted octanol–water partition coefficient (Wildman–Crippen LogP) is 11.4. The Hall–Kier alpha value is -6.39. The molecule has 0 saturated heterocycles. The van der Waals surface area contributed by atoms with Gasteiger partial charge in [-0.15, -0.1) is 0 Å². The second-order valence-corrected chi connectivity index (χ2v) is 12.0. The second-order valence-electron chi connectivity index (χ2n) is 12.0. The molecule has 10 aromatic rings. The summed E-state index contributed by atoms with van der Waals surface area (Å²) in [6, 6.07) is 52.9. The van der Waals surface area contributed by atoms with Crippen LogP contribution in [0.3, 0.4) is 0 Å². The lowest BCUT2D eigenvalue weighted by atomic mass is 9.96. The molecule has 2 aromatic heterocycles. The minimum atomic E-state index is 0.576. The van der Waals surface area contributed by atoms with E-state index in [4.69, 9.17) is 19.4 Å². The molecule has 0 bridgehead atoms. The summed E-state index contributed by atoms with van der Waals surface area (Å²) >= 11 is 0. The highest BCUT2D eigenvalue weighted by Gasteiger charge is 2.18. The highest BCUT2D eigenvalue weighted by molar-refractivity contribution is 6.17. The molecule has 0 aliphatic heterocycles. The van der Waals surface area contributed by atoms with Crippen LogP contribution in [-0.2, 0) is 0 Å².